The molecule has 3 heteroatoms. The third-order valence-electron chi connectivity index (χ3n) is 9.63. The molecule has 0 saturated heterocycles. The standard InChI is InChI=1S/C47H35N3/c1-6-19-34(20-7-1)38-27-18-30-40(33-38)49(39-28-14-5-15-29-39)47-42-32-17-16-31-41(42)46-43(35-21-8-2-9-22-35)44(36-23-10-3-11-24-36)48-50(46)45(47)37-25-12-4-13-26-37/h1-33,44,48H. The fourth-order valence-corrected chi connectivity index (χ4v) is 7.42. The minimum absolute atomic E-state index is 0.0636. The number of hydrazine groups is 1. The van der Waals surface area contributed by atoms with Crippen LogP contribution in [0.25, 0.3) is 33.8 Å². The van der Waals surface area contributed by atoms with Crippen molar-refractivity contribution in [1.29, 1.82) is 0 Å². The smallest absolute Gasteiger partial charge is 0.0897 e. The molecule has 3 nitrogen and oxygen atoms in total. The van der Waals surface area contributed by atoms with Crippen molar-refractivity contribution in [2.75, 3.05) is 4.90 Å². The first-order chi connectivity index (χ1) is 24.8. The highest BCUT2D eigenvalue weighted by atomic mass is 15.6. The van der Waals surface area contributed by atoms with Gasteiger partial charge in [-0.15, -0.1) is 0 Å². The normalized spacial score (nSPS) is 15.1. The maximum Gasteiger partial charge on any atom is 0.0897 e. The lowest BCUT2D eigenvalue weighted by atomic mass is 9.86. The van der Waals surface area contributed by atoms with E-state index in [1.165, 1.54) is 44.7 Å². The van der Waals surface area contributed by atoms with Crippen molar-refractivity contribution in [3.63, 3.8) is 0 Å². The Bertz CT molecular complexity index is 2330. The van der Waals surface area contributed by atoms with E-state index in [-0.39, 0.29) is 6.04 Å². The van der Waals surface area contributed by atoms with Gasteiger partial charge < -0.3 is 4.90 Å². The predicted molar refractivity (Wildman–Crippen MR) is 208 cm³/mol. The van der Waals surface area contributed by atoms with Gasteiger partial charge in [0.05, 0.1) is 23.1 Å². The van der Waals surface area contributed by atoms with Crippen LogP contribution in [0.4, 0.5) is 11.4 Å². The van der Waals surface area contributed by atoms with Gasteiger partial charge in [0.1, 0.15) is 0 Å². The highest BCUT2D eigenvalue weighted by Crippen LogP contribution is 2.54. The molecule has 7 aromatic rings. The Labute approximate surface area is 293 Å². The predicted octanol–water partition coefficient (Wildman–Crippen LogP) is 11.5. The molecule has 0 amide bonds. The van der Waals surface area contributed by atoms with Gasteiger partial charge in [-0.2, -0.15) is 0 Å². The Balaban J connectivity index is 1.37. The van der Waals surface area contributed by atoms with Gasteiger partial charge in [-0.3, -0.25) is 5.01 Å². The topological polar surface area (TPSA) is 18.5 Å². The molecule has 238 valence electrons. The van der Waals surface area contributed by atoms with Crippen LogP contribution in [-0.4, -0.2) is 5.01 Å². The van der Waals surface area contributed by atoms with E-state index in [0.29, 0.717) is 0 Å². The van der Waals surface area contributed by atoms with E-state index in [1.807, 2.05) is 0 Å². The number of hydrogen-bond acceptors (Lipinski definition) is 3. The maximum absolute atomic E-state index is 4.05. The third-order valence-corrected chi connectivity index (χ3v) is 9.63. The Morgan fingerprint density at radius 1 is 0.400 bits per heavy atom. The second-order valence-corrected chi connectivity index (χ2v) is 12.6. The van der Waals surface area contributed by atoms with Crippen LogP contribution in [-0.2, 0) is 0 Å². The Morgan fingerprint density at radius 3 is 1.56 bits per heavy atom. The van der Waals surface area contributed by atoms with Crippen molar-refractivity contribution in [3.05, 3.63) is 228 Å². The molecule has 7 aromatic carbocycles. The first-order valence-electron chi connectivity index (χ1n) is 17.2. The summed E-state index contributed by atoms with van der Waals surface area (Å²) in [5.41, 5.74) is 19.1. The summed E-state index contributed by atoms with van der Waals surface area (Å²) in [6.45, 7) is 0. The lowest BCUT2D eigenvalue weighted by Crippen LogP contribution is -2.36. The van der Waals surface area contributed by atoms with Crippen LogP contribution in [0.3, 0.4) is 0 Å². The average molecular weight is 642 g/mol. The van der Waals surface area contributed by atoms with Crippen molar-refractivity contribution in [3.8, 4) is 11.1 Å². The van der Waals surface area contributed by atoms with E-state index in [9.17, 15) is 0 Å². The van der Waals surface area contributed by atoms with E-state index in [0.717, 1.165) is 28.3 Å². The second kappa shape index (κ2) is 12.9. The van der Waals surface area contributed by atoms with Crippen LogP contribution < -0.4 is 10.3 Å². The molecule has 2 aliphatic rings. The number of nitrogens with zero attached hydrogens (tertiary/aromatic N) is 2. The number of fused-ring (bicyclic) bond motifs is 3. The third kappa shape index (κ3) is 5.22. The van der Waals surface area contributed by atoms with Gasteiger partial charge in [-0.25, -0.2) is 5.43 Å². The molecule has 1 atom stereocenters. The average Bonchev–Trinajstić information content (AvgIpc) is 3.61. The zero-order chi connectivity index (χ0) is 33.3. The Morgan fingerprint density at radius 2 is 0.900 bits per heavy atom. The number of benzene rings is 7. The van der Waals surface area contributed by atoms with Gasteiger partial charge in [0.2, 0.25) is 0 Å². The molecule has 0 spiro atoms. The molecular formula is C47H35N3. The second-order valence-electron chi connectivity index (χ2n) is 12.6. The molecule has 1 unspecified atom stereocenters. The summed E-state index contributed by atoms with van der Waals surface area (Å²) in [6.07, 6.45) is 0. The largest absolute Gasteiger partial charge is 0.308 e. The van der Waals surface area contributed by atoms with Crippen molar-refractivity contribution >= 4 is 34.0 Å². The van der Waals surface area contributed by atoms with Gasteiger partial charge in [0.15, 0.2) is 0 Å². The summed E-state index contributed by atoms with van der Waals surface area (Å²) in [6, 6.07) is 71.6. The van der Waals surface area contributed by atoms with Gasteiger partial charge >= 0.3 is 0 Å². The lowest BCUT2D eigenvalue weighted by Gasteiger charge is -2.39. The highest BCUT2D eigenvalue weighted by molar-refractivity contribution is 6.12. The van der Waals surface area contributed by atoms with Crippen molar-refractivity contribution < 1.29 is 0 Å². The molecule has 50 heavy (non-hydrogen) atoms. The van der Waals surface area contributed by atoms with E-state index in [2.05, 4.69) is 216 Å². The number of nitrogens with one attached hydrogen (secondary N) is 1. The van der Waals surface area contributed by atoms with Crippen LogP contribution in [0.2, 0.25) is 0 Å². The van der Waals surface area contributed by atoms with Crippen LogP contribution in [0.5, 0.6) is 0 Å². The fourth-order valence-electron chi connectivity index (χ4n) is 7.42. The fraction of sp³-hybridized carbons (Fsp3) is 0.0213. The maximum atomic E-state index is 4.05. The number of anilines is 2. The van der Waals surface area contributed by atoms with Gasteiger partial charge in [0.25, 0.3) is 0 Å². The van der Waals surface area contributed by atoms with Crippen LogP contribution in [0, 0.1) is 0 Å². The van der Waals surface area contributed by atoms with E-state index < -0.39 is 0 Å². The zero-order valence-corrected chi connectivity index (χ0v) is 27.5. The summed E-state index contributed by atoms with van der Waals surface area (Å²) in [4.78, 5) is 2.43. The van der Waals surface area contributed by atoms with Crippen LogP contribution >= 0.6 is 0 Å². The molecular weight excluding hydrogens is 607 g/mol. The van der Waals surface area contributed by atoms with Gasteiger partial charge in [0, 0.05) is 33.6 Å². The Kier molecular flexibility index (Phi) is 7.65. The molecule has 0 fully saturated rings. The molecule has 0 bridgehead atoms. The Hall–Kier alpha value is -6.42. The monoisotopic (exact) mass is 641 g/mol. The van der Waals surface area contributed by atoms with Gasteiger partial charge in [-0.1, -0.05) is 176 Å². The van der Waals surface area contributed by atoms with Gasteiger partial charge in [-0.05, 0) is 46.5 Å². The van der Waals surface area contributed by atoms with Crippen molar-refractivity contribution in [2.45, 2.75) is 6.04 Å². The van der Waals surface area contributed by atoms with E-state index in [1.54, 1.807) is 0 Å². The zero-order valence-electron chi connectivity index (χ0n) is 27.5. The van der Waals surface area contributed by atoms with E-state index in [4.69, 9.17) is 0 Å². The number of para-hydroxylation sites is 1. The molecule has 0 aliphatic carbocycles. The summed E-state index contributed by atoms with van der Waals surface area (Å²) >= 11 is 0. The van der Waals surface area contributed by atoms with Crippen LogP contribution in [0.15, 0.2) is 200 Å². The SMILES string of the molecule is c1ccc(C2=C3c4ccccc4C(N(c4ccccc4)c4cccc(-c5ccccc5)c4)=C(c4ccccc4)N3NC2c2ccccc2)cc1. The first-order valence-corrected chi connectivity index (χ1v) is 17.2. The molecule has 0 saturated carbocycles. The molecule has 9 rings (SSSR count). The minimum Gasteiger partial charge on any atom is -0.308 e. The molecule has 2 aliphatic heterocycles. The number of rotatable bonds is 7. The van der Waals surface area contributed by atoms with E-state index >= 15 is 0 Å². The highest BCUT2D eigenvalue weighted by Gasteiger charge is 2.42. The van der Waals surface area contributed by atoms with Crippen molar-refractivity contribution in [2.24, 2.45) is 0 Å². The molecule has 0 radical (unpaired) electrons. The molecule has 1 N–H and O–H groups in total. The summed E-state index contributed by atoms with van der Waals surface area (Å²) in [5, 5.41) is 2.37. The summed E-state index contributed by atoms with van der Waals surface area (Å²) in [7, 11) is 0. The minimum atomic E-state index is -0.0636. The van der Waals surface area contributed by atoms with Crippen molar-refractivity contribution in [1.82, 2.24) is 10.4 Å². The summed E-state index contributed by atoms with van der Waals surface area (Å²) in [5.74, 6) is 0. The first kappa shape index (κ1) is 29.7. The molecule has 2 heterocycles. The molecule has 0 aromatic heterocycles. The quantitative estimate of drug-likeness (QED) is 0.187. The summed E-state index contributed by atoms with van der Waals surface area (Å²) < 4.78 is 0. The van der Waals surface area contributed by atoms with Crippen LogP contribution in [0.1, 0.15) is 33.9 Å². The number of hydrogen-bond donors (Lipinski definition) is 1. The lowest BCUT2D eigenvalue weighted by molar-refractivity contribution is 0.403.